The Bertz CT molecular complexity index is 579. The maximum absolute atomic E-state index is 12.2. The number of carbonyl (C=O) groups is 1. The van der Waals surface area contributed by atoms with E-state index >= 15 is 0 Å². The van der Waals surface area contributed by atoms with Crippen molar-refractivity contribution in [2.45, 2.75) is 55.6 Å². The van der Waals surface area contributed by atoms with E-state index in [-0.39, 0.29) is 23.2 Å². The zero-order chi connectivity index (χ0) is 16.0. The van der Waals surface area contributed by atoms with Crippen LogP contribution in [0.15, 0.2) is 35.2 Å². The van der Waals surface area contributed by atoms with Gasteiger partial charge >= 0.3 is 5.97 Å². The molecule has 1 aromatic carbocycles. The van der Waals surface area contributed by atoms with Crippen LogP contribution in [-0.2, 0) is 19.4 Å². The van der Waals surface area contributed by atoms with E-state index in [0.29, 0.717) is 0 Å². The van der Waals surface area contributed by atoms with Crippen molar-refractivity contribution < 1.29 is 17.9 Å². The largest absolute Gasteiger partial charge is 0.462 e. The summed E-state index contributed by atoms with van der Waals surface area (Å²) < 4.78 is 29.7. The van der Waals surface area contributed by atoms with Crippen LogP contribution in [0.4, 0.5) is 0 Å². The molecule has 2 rings (SSSR count). The van der Waals surface area contributed by atoms with Crippen LogP contribution in [0.2, 0.25) is 0 Å². The summed E-state index contributed by atoms with van der Waals surface area (Å²) in [7, 11) is -3.47. The van der Waals surface area contributed by atoms with Gasteiger partial charge in [-0.25, -0.2) is 8.42 Å². The summed E-state index contributed by atoms with van der Waals surface area (Å²) in [4.78, 5) is 12.1. The Morgan fingerprint density at radius 3 is 2.45 bits per heavy atom. The van der Waals surface area contributed by atoms with Gasteiger partial charge in [0.1, 0.15) is 6.10 Å². The van der Waals surface area contributed by atoms with Gasteiger partial charge in [-0.15, -0.1) is 0 Å². The molecule has 2 N–H and O–H groups in total. The summed E-state index contributed by atoms with van der Waals surface area (Å²) in [6.07, 6.45) is 5.02. The smallest absolute Gasteiger partial charge is 0.307 e. The SMILES string of the molecule is NC(CC(=O)OC1CCCCC1)CS(=O)(=O)c1ccccc1. The first-order valence-electron chi connectivity index (χ1n) is 7.70. The molecule has 1 saturated carbocycles. The van der Waals surface area contributed by atoms with Gasteiger partial charge < -0.3 is 10.5 Å². The van der Waals surface area contributed by atoms with Crippen molar-refractivity contribution in [1.29, 1.82) is 0 Å². The molecule has 0 heterocycles. The minimum Gasteiger partial charge on any atom is -0.462 e. The molecule has 0 aliphatic heterocycles. The van der Waals surface area contributed by atoms with Gasteiger partial charge in [0, 0.05) is 6.04 Å². The second kappa shape index (κ2) is 7.74. The molecule has 1 unspecified atom stereocenters. The van der Waals surface area contributed by atoms with E-state index in [1.807, 2.05) is 0 Å². The number of nitrogens with two attached hydrogens (primary N) is 1. The Balaban J connectivity index is 1.84. The van der Waals surface area contributed by atoms with Gasteiger partial charge in [0.05, 0.1) is 17.1 Å². The molecular formula is C16H23NO4S. The molecule has 1 aliphatic carbocycles. The van der Waals surface area contributed by atoms with E-state index in [1.54, 1.807) is 18.2 Å². The van der Waals surface area contributed by atoms with E-state index < -0.39 is 21.8 Å². The molecule has 0 bridgehead atoms. The average Bonchev–Trinajstić information content (AvgIpc) is 2.48. The topological polar surface area (TPSA) is 86.5 Å². The maximum Gasteiger partial charge on any atom is 0.307 e. The zero-order valence-electron chi connectivity index (χ0n) is 12.6. The summed E-state index contributed by atoms with van der Waals surface area (Å²) in [5.74, 6) is -0.654. The fourth-order valence-corrected chi connectivity index (χ4v) is 4.14. The Labute approximate surface area is 131 Å². The number of esters is 1. The predicted octanol–water partition coefficient (Wildman–Crippen LogP) is 2.05. The minimum absolute atomic E-state index is 0.0285. The molecule has 0 amide bonds. The van der Waals surface area contributed by atoms with Gasteiger partial charge in [0.2, 0.25) is 0 Å². The van der Waals surface area contributed by atoms with E-state index in [9.17, 15) is 13.2 Å². The fourth-order valence-electron chi connectivity index (χ4n) is 2.70. The van der Waals surface area contributed by atoms with Crippen molar-refractivity contribution in [1.82, 2.24) is 0 Å². The third kappa shape index (κ3) is 5.10. The molecule has 0 saturated heterocycles. The Hall–Kier alpha value is -1.40. The molecular weight excluding hydrogens is 302 g/mol. The summed E-state index contributed by atoms with van der Waals surface area (Å²) in [5, 5.41) is 0. The number of ether oxygens (including phenoxy) is 1. The standard InChI is InChI=1S/C16H23NO4S/c17-13(11-16(18)21-14-7-3-1-4-8-14)12-22(19,20)15-9-5-2-6-10-15/h2,5-6,9-10,13-14H,1,3-4,7-8,11-12,17H2. The Morgan fingerprint density at radius 1 is 1.18 bits per heavy atom. The van der Waals surface area contributed by atoms with Crippen LogP contribution in [0.3, 0.4) is 0 Å². The quantitative estimate of drug-likeness (QED) is 0.809. The van der Waals surface area contributed by atoms with Gasteiger partial charge in [-0.2, -0.15) is 0 Å². The van der Waals surface area contributed by atoms with Crippen molar-refractivity contribution in [3.05, 3.63) is 30.3 Å². The molecule has 0 aromatic heterocycles. The third-order valence-electron chi connectivity index (χ3n) is 3.81. The lowest BCUT2D eigenvalue weighted by Crippen LogP contribution is -2.34. The maximum atomic E-state index is 12.2. The molecule has 5 nitrogen and oxygen atoms in total. The van der Waals surface area contributed by atoms with E-state index in [0.717, 1.165) is 25.7 Å². The molecule has 122 valence electrons. The van der Waals surface area contributed by atoms with Crippen LogP contribution in [0.25, 0.3) is 0 Å². The first-order chi connectivity index (χ1) is 10.5. The van der Waals surface area contributed by atoms with Crippen LogP contribution in [0.1, 0.15) is 38.5 Å². The number of carbonyl (C=O) groups excluding carboxylic acids is 1. The average molecular weight is 325 g/mol. The van der Waals surface area contributed by atoms with Crippen molar-refractivity contribution in [3.63, 3.8) is 0 Å². The normalized spacial score (nSPS) is 17.9. The number of rotatable bonds is 6. The molecule has 0 radical (unpaired) electrons. The monoisotopic (exact) mass is 325 g/mol. The highest BCUT2D eigenvalue weighted by atomic mass is 32.2. The van der Waals surface area contributed by atoms with Crippen LogP contribution in [0.5, 0.6) is 0 Å². The lowest BCUT2D eigenvalue weighted by molar-refractivity contribution is -0.150. The van der Waals surface area contributed by atoms with Gasteiger partial charge in [0.15, 0.2) is 9.84 Å². The fraction of sp³-hybridized carbons (Fsp3) is 0.562. The number of sulfone groups is 1. The van der Waals surface area contributed by atoms with E-state index in [2.05, 4.69) is 0 Å². The van der Waals surface area contributed by atoms with Crippen molar-refractivity contribution >= 4 is 15.8 Å². The second-order valence-corrected chi connectivity index (χ2v) is 7.84. The first kappa shape index (κ1) is 17.0. The Morgan fingerprint density at radius 2 is 1.82 bits per heavy atom. The van der Waals surface area contributed by atoms with Gasteiger partial charge in [-0.3, -0.25) is 4.79 Å². The molecule has 1 atom stereocenters. The zero-order valence-corrected chi connectivity index (χ0v) is 13.4. The van der Waals surface area contributed by atoms with Crippen molar-refractivity contribution in [2.24, 2.45) is 5.73 Å². The van der Waals surface area contributed by atoms with Crippen molar-refractivity contribution in [3.8, 4) is 0 Å². The van der Waals surface area contributed by atoms with Crippen molar-refractivity contribution in [2.75, 3.05) is 5.75 Å². The van der Waals surface area contributed by atoms with Crippen LogP contribution < -0.4 is 5.73 Å². The number of hydrogen-bond acceptors (Lipinski definition) is 5. The number of hydrogen-bond donors (Lipinski definition) is 1. The molecule has 22 heavy (non-hydrogen) atoms. The van der Waals surface area contributed by atoms with Crippen LogP contribution >= 0.6 is 0 Å². The van der Waals surface area contributed by atoms with E-state index in [1.165, 1.54) is 18.6 Å². The highest BCUT2D eigenvalue weighted by Crippen LogP contribution is 2.21. The lowest BCUT2D eigenvalue weighted by atomic mass is 9.98. The molecule has 6 heteroatoms. The van der Waals surface area contributed by atoms with Crippen LogP contribution in [0, 0.1) is 0 Å². The second-order valence-electron chi connectivity index (χ2n) is 5.81. The molecule has 0 spiro atoms. The first-order valence-corrected chi connectivity index (χ1v) is 9.35. The molecule has 1 aliphatic rings. The third-order valence-corrected chi connectivity index (χ3v) is 5.67. The summed E-state index contributed by atoms with van der Waals surface area (Å²) >= 11 is 0. The molecule has 1 fully saturated rings. The minimum atomic E-state index is -3.47. The van der Waals surface area contributed by atoms with Gasteiger partial charge in [-0.1, -0.05) is 24.6 Å². The number of benzene rings is 1. The summed E-state index contributed by atoms with van der Waals surface area (Å²) in [6, 6.07) is 7.39. The summed E-state index contributed by atoms with van der Waals surface area (Å²) in [6.45, 7) is 0. The molecule has 1 aromatic rings. The summed E-state index contributed by atoms with van der Waals surface area (Å²) in [5.41, 5.74) is 5.82. The van der Waals surface area contributed by atoms with E-state index in [4.69, 9.17) is 10.5 Å². The lowest BCUT2D eigenvalue weighted by Gasteiger charge is -2.22. The Kier molecular flexibility index (Phi) is 5.97. The van der Waals surface area contributed by atoms with Gasteiger partial charge in [-0.05, 0) is 37.8 Å². The predicted molar refractivity (Wildman–Crippen MR) is 84.1 cm³/mol. The van der Waals surface area contributed by atoms with Gasteiger partial charge in [0.25, 0.3) is 0 Å². The highest BCUT2D eigenvalue weighted by Gasteiger charge is 2.23. The van der Waals surface area contributed by atoms with Crippen LogP contribution in [-0.4, -0.2) is 32.3 Å². The highest BCUT2D eigenvalue weighted by molar-refractivity contribution is 7.91.